The molecule has 0 radical (unpaired) electrons. The van der Waals surface area contributed by atoms with E-state index >= 15 is 0 Å². The number of nitrogens with one attached hydrogen (secondary N) is 1. The highest BCUT2D eigenvalue weighted by atomic mass is 35.5. The number of aromatic nitrogens is 1. The van der Waals surface area contributed by atoms with Crippen LogP contribution in [0.4, 0.5) is 5.69 Å². The second-order valence-electron chi connectivity index (χ2n) is 10.0. The average molecular weight is 557 g/mol. The largest absolute Gasteiger partial charge is 1.00 e. The summed E-state index contributed by atoms with van der Waals surface area (Å²) in [6, 6.07) is 15.9. The fourth-order valence-corrected chi connectivity index (χ4v) is 5.40. The molecule has 0 aliphatic heterocycles. The highest BCUT2D eigenvalue weighted by molar-refractivity contribution is 7.12. The Morgan fingerprint density at radius 1 is 0.816 bits per heavy atom. The number of amides is 1. The third-order valence-corrected chi connectivity index (χ3v) is 7.76. The van der Waals surface area contributed by atoms with Gasteiger partial charge < -0.3 is 22.5 Å². The zero-order valence-corrected chi connectivity index (χ0v) is 24.8. The Balaban J connectivity index is 0.00000507. The van der Waals surface area contributed by atoms with E-state index in [4.69, 9.17) is 4.74 Å². The number of hydrogen-bond acceptors (Lipinski definition) is 3. The third kappa shape index (κ3) is 12.0. The Kier molecular flexibility index (Phi) is 15.8. The van der Waals surface area contributed by atoms with Crippen LogP contribution in [0, 0.1) is 0 Å². The first-order chi connectivity index (χ1) is 18.2. The number of carbonyl (C=O) groups excluding carboxylic acids is 1. The van der Waals surface area contributed by atoms with Gasteiger partial charge in [0.15, 0.2) is 6.20 Å². The van der Waals surface area contributed by atoms with Gasteiger partial charge in [-0.25, -0.2) is 0 Å². The van der Waals surface area contributed by atoms with Crippen LogP contribution in [0.25, 0.3) is 10.6 Å². The van der Waals surface area contributed by atoms with Crippen LogP contribution in [0.3, 0.4) is 0 Å². The van der Waals surface area contributed by atoms with E-state index in [0.29, 0.717) is 6.42 Å². The van der Waals surface area contributed by atoms with Gasteiger partial charge in [0.25, 0.3) is 5.01 Å². The summed E-state index contributed by atoms with van der Waals surface area (Å²) in [5.74, 6) is 0.865. The first-order valence-corrected chi connectivity index (χ1v) is 15.1. The molecule has 208 valence electrons. The molecule has 38 heavy (non-hydrogen) atoms. The number of rotatable bonds is 18. The number of aryl methyl sites for hydroxylation is 1. The lowest BCUT2D eigenvalue weighted by Crippen LogP contribution is -3.00. The Morgan fingerprint density at radius 3 is 1.95 bits per heavy atom. The number of halogens is 1. The summed E-state index contributed by atoms with van der Waals surface area (Å²) in [6.07, 6.45) is 18.6. The van der Waals surface area contributed by atoms with Gasteiger partial charge in [-0.05, 0) is 48.4 Å². The van der Waals surface area contributed by atoms with E-state index in [1.807, 2.05) is 61.8 Å². The summed E-state index contributed by atoms with van der Waals surface area (Å²) < 4.78 is 8.00. The third-order valence-electron chi connectivity index (χ3n) is 6.75. The molecule has 0 saturated heterocycles. The molecule has 0 fully saturated rings. The van der Waals surface area contributed by atoms with Crippen LogP contribution in [0.2, 0.25) is 0 Å². The van der Waals surface area contributed by atoms with Gasteiger partial charge in [-0.3, -0.25) is 4.79 Å². The Bertz CT molecular complexity index is 1030. The predicted molar refractivity (Wildman–Crippen MR) is 156 cm³/mol. The Morgan fingerprint density at radius 2 is 1.39 bits per heavy atom. The molecule has 0 spiro atoms. The lowest BCUT2D eigenvalue weighted by atomic mass is 10.1. The van der Waals surface area contributed by atoms with E-state index in [-0.39, 0.29) is 18.3 Å². The van der Waals surface area contributed by atoms with Crippen LogP contribution in [-0.4, -0.2) is 12.5 Å². The molecule has 3 rings (SSSR count). The zero-order chi connectivity index (χ0) is 26.1. The molecule has 0 aliphatic rings. The molecule has 3 aromatic rings. The number of thiazole rings is 1. The Labute approximate surface area is 240 Å². The van der Waals surface area contributed by atoms with Crippen LogP contribution in [0.5, 0.6) is 5.75 Å². The summed E-state index contributed by atoms with van der Waals surface area (Å²) in [4.78, 5) is 12.5. The van der Waals surface area contributed by atoms with Crippen molar-refractivity contribution in [1.82, 2.24) is 0 Å². The quantitative estimate of drug-likeness (QED) is 0.166. The van der Waals surface area contributed by atoms with Crippen LogP contribution < -0.4 is 27.0 Å². The maximum atomic E-state index is 12.5. The van der Waals surface area contributed by atoms with Gasteiger partial charge in [-0.15, -0.1) is 0 Å². The number of hydrogen-bond donors (Lipinski definition) is 1. The molecule has 1 N–H and O–H groups in total. The molecule has 1 aromatic heterocycles. The van der Waals surface area contributed by atoms with E-state index in [1.54, 1.807) is 11.3 Å². The standard InChI is InChI=1S/C32H44N2O2S.ClH/c1-3-4-5-6-7-8-9-10-11-12-13-14-24-36-30-21-15-27(16-22-30)26-31(35)33-29-19-17-28(18-20-29)32-34(2)23-25-37-32;/h15-23,25H,3-14,24,26H2,1-2H3;1H. The molecule has 1 heterocycles. The fraction of sp³-hybridized carbons (Fsp3) is 0.500. The van der Waals surface area contributed by atoms with Crippen molar-refractivity contribution in [3.05, 3.63) is 65.7 Å². The lowest BCUT2D eigenvalue weighted by Gasteiger charge is -2.08. The minimum Gasteiger partial charge on any atom is -1.00 e. The summed E-state index contributed by atoms with van der Waals surface area (Å²) in [7, 11) is 2.04. The highest BCUT2D eigenvalue weighted by Crippen LogP contribution is 2.22. The van der Waals surface area contributed by atoms with Gasteiger partial charge in [-0.1, -0.05) is 101 Å². The zero-order valence-electron chi connectivity index (χ0n) is 23.2. The molecular weight excluding hydrogens is 512 g/mol. The van der Waals surface area contributed by atoms with Crippen LogP contribution in [-0.2, 0) is 18.3 Å². The van der Waals surface area contributed by atoms with E-state index in [1.165, 1.54) is 75.6 Å². The van der Waals surface area contributed by atoms with E-state index in [9.17, 15) is 4.79 Å². The summed E-state index contributed by atoms with van der Waals surface area (Å²) in [5, 5.41) is 6.26. The first-order valence-electron chi connectivity index (χ1n) is 14.2. The molecule has 2 aromatic carbocycles. The molecule has 0 aliphatic carbocycles. The summed E-state index contributed by atoms with van der Waals surface area (Å²) in [5.41, 5.74) is 2.95. The van der Waals surface area contributed by atoms with Crippen molar-refractivity contribution in [2.45, 2.75) is 90.4 Å². The molecule has 4 nitrogen and oxygen atoms in total. The normalized spacial score (nSPS) is 10.7. The van der Waals surface area contributed by atoms with Crippen molar-refractivity contribution in [3.63, 3.8) is 0 Å². The van der Waals surface area contributed by atoms with Crippen LogP contribution >= 0.6 is 11.3 Å². The minimum atomic E-state index is -0.0143. The fourth-order valence-electron chi connectivity index (χ4n) is 4.53. The van der Waals surface area contributed by atoms with Crippen molar-refractivity contribution in [2.24, 2.45) is 7.05 Å². The molecular formula is C32H45ClN2O2S. The highest BCUT2D eigenvalue weighted by Gasteiger charge is 2.11. The van der Waals surface area contributed by atoms with Gasteiger partial charge in [0, 0.05) is 5.69 Å². The summed E-state index contributed by atoms with van der Waals surface area (Å²) >= 11 is 1.70. The molecule has 1 amide bonds. The second-order valence-corrected chi connectivity index (χ2v) is 10.9. The topological polar surface area (TPSA) is 42.2 Å². The number of carbonyl (C=O) groups is 1. The van der Waals surface area contributed by atoms with Gasteiger partial charge in [0.2, 0.25) is 5.91 Å². The molecule has 0 unspecified atom stereocenters. The Hall–Kier alpha value is -2.37. The number of unbranched alkanes of at least 4 members (excludes halogenated alkanes) is 11. The first kappa shape index (κ1) is 31.8. The van der Waals surface area contributed by atoms with Gasteiger partial charge in [-0.2, -0.15) is 4.57 Å². The monoisotopic (exact) mass is 556 g/mol. The van der Waals surface area contributed by atoms with Crippen LogP contribution in [0.15, 0.2) is 60.1 Å². The number of ether oxygens (including phenoxy) is 1. The van der Waals surface area contributed by atoms with Crippen molar-refractivity contribution in [1.29, 1.82) is 0 Å². The number of nitrogens with zero attached hydrogens (tertiary/aromatic N) is 1. The van der Waals surface area contributed by atoms with Gasteiger partial charge >= 0.3 is 0 Å². The van der Waals surface area contributed by atoms with Gasteiger partial charge in [0.1, 0.15) is 12.8 Å². The average Bonchev–Trinajstić information content (AvgIpc) is 3.34. The summed E-state index contributed by atoms with van der Waals surface area (Å²) in [6.45, 7) is 3.04. The SMILES string of the molecule is CCCCCCCCCCCCCCOc1ccc(CC(=O)Nc2ccc(-c3scc[n+]3C)cc2)cc1.[Cl-]. The molecule has 0 saturated carbocycles. The number of anilines is 1. The van der Waals surface area contributed by atoms with Crippen molar-refractivity contribution in [3.8, 4) is 16.3 Å². The van der Waals surface area contributed by atoms with E-state index in [2.05, 4.69) is 22.2 Å². The van der Waals surface area contributed by atoms with Crippen molar-refractivity contribution in [2.75, 3.05) is 11.9 Å². The molecule has 0 bridgehead atoms. The van der Waals surface area contributed by atoms with E-state index < -0.39 is 0 Å². The lowest BCUT2D eigenvalue weighted by molar-refractivity contribution is -0.655. The van der Waals surface area contributed by atoms with Crippen LogP contribution in [0.1, 0.15) is 89.5 Å². The maximum absolute atomic E-state index is 12.5. The van der Waals surface area contributed by atoms with Crippen molar-refractivity contribution < 1.29 is 26.5 Å². The second kappa shape index (κ2) is 18.8. The maximum Gasteiger partial charge on any atom is 0.268 e. The van der Waals surface area contributed by atoms with Gasteiger partial charge in [0.05, 0.1) is 24.0 Å². The van der Waals surface area contributed by atoms with E-state index in [0.717, 1.165) is 35.6 Å². The minimum absolute atomic E-state index is 0. The molecule has 6 heteroatoms. The molecule has 0 atom stereocenters. The number of benzene rings is 2. The smallest absolute Gasteiger partial charge is 0.268 e. The van der Waals surface area contributed by atoms with Crippen molar-refractivity contribution >= 4 is 22.9 Å². The predicted octanol–water partition coefficient (Wildman–Crippen LogP) is 5.50.